The highest BCUT2D eigenvalue weighted by Crippen LogP contribution is 2.17. The number of likely N-dealkylation sites (N-methyl/N-ethyl adjacent to an activating group) is 1. The van der Waals surface area contributed by atoms with Crippen LogP contribution in [0, 0.1) is 6.92 Å². The van der Waals surface area contributed by atoms with E-state index >= 15 is 0 Å². The Bertz CT molecular complexity index is 707. The molecule has 0 heterocycles. The van der Waals surface area contributed by atoms with Crippen molar-refractivity contribution in [3.05, 3.63) is 70.8 Å². The van der Waals surface area contributed by atoms with Crippen molar-refractivity contribution in [3.63, 3.8) is 0 Å². The first-order valence-electron chi connectivity index (χ1n) is 7.79. The zero-order chi connectivity index (χ0) is 17.7. The third-order valence-corrected chi connectivity index (χ3v) is 3.90. The second kappa shape index (κ2) is 7.75. The van der Waals surface area contributed by atoms with Gasteiger partial charge in [-0.25, -0.2) is 4.79 Å². The van der Waals surface area contributed by atoms with Crippen LogP contribution in [0.15, 0.2) is 48.5 Å². The Morgan fingerprint density at radius 3 is 2.04 bits per heavy atom. The van der Waals surface area contributed by atoms with Gasteiger partial charge in [-0.15, -0.1) is 0 Å². The fraction of sp³-hybridized carbons (Fsp3) is 0.263. The van der Waals surface area contributed by atoms with Crippen molar-refractivity contribution >= 4 is 11.9 Å². The molecule has 0 aliphatic rings. The number of aliphatic hydroxyl groups is 1. The van der Waals surface area contributed by atoms with E-state index in [0.717, 1.165) is 11.1 Å². The standard InChI is InChI=1S/C19H21NO4/c1-3-20(12-17(21)14-6-4-13(2)5-7-14)18(22)15-8-10-16(11-9-15)19(23)24/h4-11,17,21H,3,12H2,1-2H3,(H,23,24). The first kappa shape index (κ1) is 17.7. The molecule has 24 heavy (non-hydrogen) atoms. The fourth-order valence-corrected chi connectivity index (χ4v) is 2.40. The number of aryl methyl sites for hydroxylation is 1. The van der Waals surface area contributed by atoms with Crippen LogP contribution in [0.4, 0.5) is 0 Å². The number of amides is 1. The molecule has 5 nitrogen and oxygen atoms in total. The summed E-state index contributed by atoms with van der Waals surface area (Å²) in [6, 6.07) is 13.3. The molecule has 0 saturated heterocycles. The second-order valence-electron chi connectivity index (χ2n) is 5.65. The average Bonchev–Trinajstić information content (AvgIpc) is 2.59. The first-order valence-corrected chi connectivity index (χ1v) is 7.79. The predicted octanol–water partition coefficient (Wildman–Crippen LogP) is 2.89. The maximum atomic E-state index is 12.5. The van der Waals surface area contributed by atoms with Crippen molar-refractivity contribution < 1.29 is 19.8 Å². The summed E-state index contributed by atoms with van der Waals surface area (Å²) >= 11 is 0. The molecule has 2 aromatic carbocycles. The molecule has 1 amide bonds. The number of carboxylic acids is 1. The smallest absolute Gasteiger partial charge is 0.335 e. The van der Waals surface area contributed by atoms with Gasteiger partial charge >= 0.3 is 5.97 Å². The topological polar surface area (TPSA) is 77.8 Å². The summed E-state index contributed by atoms with van der Waals surface area (Å²) in [7, 11) is 0. The molecule has 0 radical (unpaired) electrons. The summed E-state index contributed by atoms with van der Waals surface area (Å²) in [6.07, 6.45) is -0.771. The van der Waals surface area contributed by atoms with Gasteiger partial charge in [0.25, 0.3) is 5.91 Å². The van der Waals surface area contributed by atoms with Gasteiger partial charge in [0.05, 0.1) is 18.2 Å². The van der Waals surface area contributed by atoms with Crippen LogP contribution in [-0.2, 0) is 0 Å². The van der Waals surface area contributed by atoms with E-state index in [9.17, 15) is 14.7 Å². The van der Waals surface area contributed by atoms with Gasteiger partial charge in [-0.3, -0.25) is 4.79 Å². The van der Waals surface area contributed by atoms with Crippen molar-refractivity contribution in [3.8, 4) is 0 Å². The van der Waals surface area contributed by atoms with Crippen LogP contribution < -0.4 is 0 Å². The molecule has 1 unspecified atom stereocenters. The first-order chi connectivity index (χ1) is 11.4. The van der Waals surface area contributed by atoms with Crippen LogP contribution in [0.3, 0.4) is 0 Å². The molecular weight excluding hydrogens is 306 g/mol. The van der Waals surface area contributed by atoms with Crippen LogP contribution in [0.25, 0.3) is 0 Å². The average molecular weight is 327 g/mol. The zero-order valence-corrected chi connectivity index (χ0v) is 13.8. The molecule has 2 rings (SSSR count). The second-order valence-corrected chi connectivity index (χ2v) is 5.65. The summed E-state index contributed by atoms with van der Waals surface area (Å²) in [4.78, 5) is 25.0. The minimum Gasteiger partial charge on any atom is -0.478 e. The lowest BCUT2D eigenvalue weighted by atomic mass is 10.1. The number of rotatable bonds is 6. The minimum atomic E-state index is -1.03. The molecule has 0 saturated carbocycles. The SMILES string of the molecule is CCN(CC(O)c1ccc(C)cc1)C(=O)c1ccc(C(=O)O)cc1. The molecule has 5 heteroatoms. The normalized spacial score (nSPS) is 11.8. The van der Waals surface area contributed by atoms with E-state index in [4.69, 9.17) is 5.11 Å². The van der Waals surface area contributed by atoms with E-state index < -0.39 is 12.1 Å². The number of carboxylic acid groups (broad SMARTS) is 1. The molecule has 0 aromatic heterocycles. The number of aliphatic hydroxyl groups excluding tert-OH is 1. The predicted molar refractivity (Wildman–Crippen MR) is 91.1 cm³/mol. The van der Waals surface area contributed by atoms with Crippen LogP contribution in [0.5, 0.6) is 0 Å². The van der Waals surface area contributed by atoms with Crippen LogP contribution >= 0.6 is 0 Å². The van der Waals surface area contributed by atoms with Gasteiger partial charge in [0.1, 0.15) is 0 Å². The maximum absolute atomic E-state index is 12.5. The Labute approximate surface area is 141 Å². The highest BCUT2D eigenvalue weighted by atomic mass is 16.4. The van der Waals surface area contributed by atoms with E-state index in [1.807, 2.05) is 38.1 Å². The highest BCUT2D eigenvalue weighted by Gasteiger charge is 2.19. The van der Waals surface area contributed by atoms with E-state index in [2.05, 4.69) is 0 Å². The molecule has 2 N–H and O–H groups in total. The minimum absolute atomic E-state index is 0.134. The van der Waals surface area contributed by atoms with Crippen molar-refractivity contribution in [2.45, 2.75) is 20.0 Å². The third kappa shape index (κ3) is 4.20. The number of carbonyl (C=O) groups is 2. The van der Waals surface area contributed by atoms with Crippen molar-refractivity contribution in [2.75, 3.05) is 13.1 Å². The molecule has 0 bridgehead atoms. The van der Waals surface area contributed by atoms with Crippen molar-refractivity contribution in [2.24, 2.45) is 0 Å². The van der Waals surface area contributed by atoms with E-state index in [0.29, 0.717) is 12.1 Å². The molecule has 2 aromatic rings. The van der Waals surface area contributed by atoms with Crippen LogP contribution in [0.2, 0.25) is 0 Å². The Morgan fingerprint density at radius 2 is 1.54 bits per heavy atom. The van der Waals surface area contributed by atoms with Gasteiger partial charge in [0.15, 0.2) is 0 Å². The lowest BCUT2D eigenvalue weighted by Gasteiger charge is -2.24. The summed E-state index contributed by atoms with van der Waals surface area (Å²) in [5, 5.41) is 19.3. The molecule has 0 aliphatic carbocycles. The highest BCUT2D eigenvalue weighted by molar-refractivity contribution is 5.95. The monoisotopic (exact) mass is 327 g/mol. The summed E-state index contributed by atoms with van der Waals surface area (Å²) < 4.78 is 0. The Hall–Kier alpha value is -2.66. The lowest BCUT2D eigenvalue weighted by molar-refractivity contribution is 0.0633. The number of aromatic carboxylic acids is 1. The number of hydrogen-bond acceptors (Lipinski definition) is 3. The van der Waals surface area contributed by atoms with Crippen molar-refractivity contribution in [1.29, 1.82) is 0 Å². The largest absolute Gasteiger partial charge is 0.478 e. The molecule has 126 valence electrons. The molecule has 0 fully saturated rings. The Morgan fingerprint density at radius 1 is 1.00 bits per heavy atom. The Balaban J connectivity index is 2.10. The van der Waals surface area contributed by atoms with Gasteiger partial charge in [0, 0.05) is 12.1 Å². The van der Waals surface area contributed by atoms with Gasteiger partial charge < -0.3 is 15.1 Å². The van der Waals surface area contributed by atoms with Crippen molar-refractivity contribution in [1.82, 2.24) is 4.90 Å². The quantitative estimate of drug-likeness (QED) is 0.855. The summed E-state index contributed by atoms with van der Waals surface area (Å²) in [6.45, 7) is 4.44. The zero-order valence-electron chi connectivity index (χ0n) is 13.8. The van der Waals surface area contributed by atoms with Crippen LogP contribution in [0.1, 0.15) is 44.9 Å². The Kier molecular flexibility index (Phi) is 5.71. The maximum Gasteiger partial charge on any atom is 0.335 e. The molecular formula is C19H21NO4. The molecule has 0 aliphatic heterocycles. The number of nitrogens with zero attached hydrogens (tertiary/aromatic N) is 1. The number of benzene rings is 2. The number of carbonyl (C=O) groups excluding carboxylic acids is 1. The third-order valence-electron chi connectivity index (χ3n) is 3.90. The summed E-state index contributed by atoms with van der Waals surface area (Å²) in [5.41, 5.74) is 2.40. The van der Waals surface area contributed by atoms with E-state index in [-0.39, 0.29) is 18.0 Å². The summed E-state index contributed by atoms with van der Waals surface area (Å²) in [5.74, 6) is -1.27. The van der Waals surface area contributed by atoms with E-state index in [1.165, 1.54) is 24.3 Å². The lowest BCUT2D eigenvalue weighted by Crippen LogP contribution is -2.34. The van der Waals surface area contributed by atoms with Gasteiger partial charge in [-0.05, 0) is 43.7 Å². The van der Waals surface area contributed by atoms with E-state index in [1.54, 1.807) is 4.90 Å². The van der Waals surface area contributed by atoms with Gasteiger partial charge in [0.2, 0.25) is 0 Å². The molecule has 1 atom stereocenters. The van der Waals surface area contributed by atoms with Gasteiger partial charge in [-0.1, -0.05) is 29.8 Å². The molecule has 0 spiro atoms. The number of hydrogen-bond donors (Lipinski definition) is 2. The van der Waals surface area contributed by atoms with Gasteiger partial charge in [-0.2, -0.15) is 0 Å². The fourth-order valence-electron chi connectivity index (χ4n) is 2.40. The van der Waals surface area contributed by atoms with Crippen LogP contribution in [-0.4, -0.2) is 40.1 Å².